The maximum absolute atomic E-state index is 13.5. The molecule has 2 N–H and O–H groups in total. The van der Waals surface area contributed by atoms with Crippen LogP contribution in [-0.4, -0.2) is 19.0 Å². The first-order chi connectivity index (χ1) is 9.74. The second-order valence-electron chi connectivity index (χ2n) is 5.94. The summed E-state index contributed by atoms with van der Waals surface area (Å²) in [6.07, 6.45) is 4.64. The third-order valence-corrected chi connectivity index (χ3v) is 4.53. The molecule has 0 spiro atoms. The van der Waals surface area contributed by atoms with E-state index in [2.05, 4.69) is 10.6 Å². The van der Waals surface area contributed by atoms with E-state index >= 15 is 0 Å². The molecule has 3 rings (SSSR count). The Hall–Kier alpha value is -1.13. The van der Waals surface area contributed by atoms with Crippen molar-refractivity contribution in [2.75, 3.05) is 13.1 Å². The average molecular weight is 313 g/mol. The van der Waals surface area contributed by atoms with E-state index in [4.69, 9.17) is 0 Å². The van der Waals surface area contributed by atoms with E-state index in [0.29, 0.717) is 5.92 Å². The summed E-state index contributed by atoms with van der Waals surface area (Å²) in [5, 5.41) is 6.27. The fourth-order valence-electron chi connectivity index (χ4n) is 3.21. The zero-order chi connectivity index (χ0) is 13.9. The van der Waals surface area contributed by atoms with Crippen molar-refractivity contribution in [3.63, 3.8) is 0 Å². The molecule has 1 aromatic carbocycles. The van der Waals surface area contributed by atoms with Gasteiger partial charge in [0.05, 0.1) is 12.0 Å². The molecule has 0 aromatic heterocycles. The van der Waals surface area contributed by atoms with Crippen LogP contribution in [0.4, 0.5) is 4.39 Å². The van der Waals surface area contributed by atoms with E-state index in [0.717, 1.165) is 31.5 Å². The Bertz CT molecular complexity index is 487. The Labute approximate surface area is 131 Å². The van der Waals surface area contributed by atoms with Crippen LogP contribution in [0, 0.1) is 17.7 Å². The molecular formula is C16H22ClFN2O. The van der Waals surface area contributed by atoms with Crippen molar-refractivity contribution in [3.05, 3.63) is 35.6 Å². The quantitative estimate of drug-likeness (QED) is 0.897. The van der Waals surface area contributed by atoms with Gasteiger partial charge >= 0.3 is 0 Å². The van der Waals surface area contributed by atoms with Crippen LogP contribution < -0.4 is 10.6 Å². The Morgan fingerprint density at radius 2 is 2.00 bits per heavy atom. The van der Waals surface area contributed by atoms with E-state index in [1.165, 1.54) is 18.9 Å². The average Bonchev–Trinajstić information content (AvgIpc) is 2.87. The molecule has 2 aliphatic rings. The summed E-state index contributed by atoms with van der Waals surface area (Å²) in [7, 11) is 0. The first kappa shape index (κ1) is 16.2. The zero-order valence-electron chi connectivity index (χ0n) is 12.0. The highest BCUT2D eigenvalue weighted by Gasteiger charge is 2.32. The highest BCUT2D eigenvalue weighted by molar-refractivity contribution is 5.85. The van der Waals surface area contributed by atoms with Crippen LogP contribution in [0.15, 0.2) is 24.3 Å². The minimum atomic E-state index is -0.231. The molecule has 1 amide bonds. The minimum absolute atomic E-state index is 0. The molecule has 1 heterocycles. The molecule has 1 atom stereocenters. The van der Waals surface area contributed by atoms with Crippen molar-refractivity contribution in [1.29, 1.82) is 0 Å². The minimum Gasteiger partial charge on any atom is -0.349 e. The van der Waals surface area contributed by atoms with Crippen molar-refractivity contribution < 1.29 is 9.18 Å². The zero-order valence-corrected chi connectivity index (χ0v) is 12.8. The van der Waals surface area contributed by atoms with Gasteiger partial charge in [0.1, 0.15) is 5.82 Å². The van der Waals surface area contributed by atoms with Gasteiger partial charge in [-0.15, -0.1) is 12.4 Å². The van der Waals surface area contributed by atoms with Gasteiger partial charge in [-0.05, 0) is 36.5 Å². The Morgan fingerprint density at radius 3 is 2.57 bits per heavy atom. The molecule has 1 aliphatic carbocycles. The standard InChI is InChI=1S/C16H21FN2O.ClH/c17-14-7-3-6-12(8-14)15(11-4-1-2-5-11)19-16(20)13-9-18-10-13;/h3,6-8,11,13,15,18H,1-2,4-5,9-10H2,(H,19,20);1H. The molecule has 21 heavy (non-hydrogen) atoms. The summed E-state index contributed by atoms with van der Waals surface area (Å²) in [6.45, 7) is 1.51. The molecule has 1 saturated heterocycles. The van der Waals surface area contributed by atoms with E-state index < -0.39 is 0 Å². The third-order valence-electron chi connectivity index (χ3n) is 4.53. The lowest BCUT2D eigenvalue weighted by molar-refractivity contribution is -0.127. The second kappa shape index (κ2) is 7.23. The fraction of sp³-hybridized carbons (Fsp3) is 0.562. The number of benzene rings is 1. The third kappa shape index (κ3) is 3.74. The number of rotatable bonds is 4. The Morgan fingerprint density at radius 1 is 1.29 bits per heavy atom. The molecule has 0 radical (unpaired) electrons. The molecule has 5 heteroatoms. The first-order valence-electron chi connectivity index (χ1n) is 7.50. The first-order valence-corrected chi connectivity index (χ1v) is 7.50. The van der Waals surface area contributed by atoms with Gasteiger partial charge in [-0.1, -0.05) is 25.0 Å². The van der Waals surface area contributed by atoms with Crippen LogP contribution in [-0.2, 0) is 4.79 Å². The second-order valence-corrected chi connectivity index (χ2v) is 5.94. The topological polar surface area (TPSA) is 41.1 Å². The lowest BCUT2D eigenvalue weighted by atomic mass is 9.90. The van der Waals surface area contributed by atoms with Crippen LogP contribution >= 0.6 is 12.4 Å². The van der Waals surface area contributed by atoms with Crippen LogP contribution in [0.5, 0.6) is 0 Å². The number of carbonyl (C=O) groups is 1. The SMILES string of the molecule is Cl.O=C(NC(c1cccc(F)c1)C1CCCC1)C1CNC1. The van der Waals surface area contributed by atoms with Crippen LogP contribution in [0.2, 0.25) is 0 Å². The summed E-state index contributed by atoms with van der Waals surface area (Å²) < 4.78 is 13.5. The van der Waals surface area contributed by atoms with Crippen LogP contribution in [0.1, 0.15) is 37.3 Å². The molecule has 2 fully saturated rings. The monoisotopic (exact) mass is 312 g/mol. The molecule has 1 saturated carbocycles. The summed E-state index contributed by atoms with van der Waals surface area (Å²) >= 11 is 0. The van der Waals surface area contributed by atoms with Gasteiger partial charge < -0.3 is 10.6 Å². The number of hydrogen-bond acceptors (Lipinski definition) is 2. The van der Waals surface area contributed by atoms with Crippen molar-refractivity contribution in [1.82, 2.24) is 10.6 Å². The number of nitrogens with one attached hydrogen (secondary N) is 2. The smallest absolute Gasteiger partial charge is 0.226 e. The summed E-state index contributed by atoms with van der Waals surface area (Å²) in [6, 6.07) is 6.62. The number of amides is 1. The van der Waals surface area contributed by atoms with E-state index in [1.54, 1.807) is 12.1 Å². The number of hydrogen-bond donors (Lipinski definition) is 2. The normalized spacial score (nSPS) is 20.4. The van der Waals surface area contributed by atoms with Gasteiger partial charge in [-0.2, -0.15) is 0 Å². The largest absolute Gasteiger partial charge is 0.349 e. The van der Waals surface area contributed by atoms with Crippen molar-refractivity contribution in [2.45, 2.75) is 31.7 Å². The number of carbonyl (C=O) groups excluding carboxylic acids is 1. The van der Waals surface area contributed by atoms with Gasteiger partial charge in [-0.25, -0.2) is 4.39 Å². The molecular weight excluding hydrogens is 291 g/mol. The fourth-order valence-corrected chi connectivity index (χ4v) is 3.21. The molecule has 1 unspecified atom stereocenters. The van der Waals surface area contributed by atoms with Gasteiger partial charge in [0.25, 0.3) is 0 Å². The number of halogens is 2. The maximum Gasteiger partial charge on any atom is 0.226 e. The van der Waals surface area contributed by atoms with Crippen molar-refractivity contribution >= 4 is 18.3 Å². The Balaban J connectivity index is 0.00000161. The summed E-state index contributed by atoms with van der Waals surface area (Å²) in [5.41, 5.74) is 0.900. The maximum atomic E-state index is 13.5. The summed E-state index contributed by atoms with van der Waals surface area (Å²) in [5.74, 6) is 0.385. The lowest BCUT2D eigenvalue weighted by Crippen LogP contribution is -2.51. The summed E-state index contributed by atoms with van der Waals surface area (Å²) in [4.78, 5) is 12.2. The van der Waals surface area contributed by atoms with Gasteiger partial charge in [0.15, 0.2) is 0 Å². The molecule has 3 nitrogen and oxygen atoms in total. The van der Waals surface area contributed by atoms with E-state index in [1.807, 2.05) is 6.07 Å². The predicted molar refractivity (Wildman–Crippen MR) is 82.8 cm³/mol. The molecule has 1 aromatic rings. The van der Waals surface area contributed by atoms with Crippen LogP contribution in [0.3, 0.4) is 0 Å². The van der Waals surface area contributed by atoms with Gasteiger partial charge in [0.2, 0.25) is 5.91 Å². The highest BCUT2D eigenvalue weighted by atomic mass is 35.5. The van der Waals surface area contributed by atoms with Crippen molar-refractivity contribution in [2.24, 2.45) is 11.8 Å². The molecule has 0 bridgehead atoms. The van der Waals surface area contributed by atoms with Gasteiger partial charge in [-0.3, -0.25) is 4.79 Å². The Kier molecular flexibility index (Phi) is 5.59. The van der Waals surface area contributed by atoms with Crippen molar-refractivity contribution in [3.8, 4) is 0 Å². The molecule has 1 aliphatic heterocycles. The molecule has 116 valence electrons. The predicted octanol–water partition coefficient (Wildman–Crippen LogP) is 2.81. The highest BCUT2D eigenvalue weighted by Crippen LogP contribution is 2.36. The van der Waals surface area contributed by atoms with Gasteiger partial charge in [0, 0.05) is 13.1 Å². The van der Waals surface area contributed by atoms with Crippen LogP contribution in [0.25, 0.3) is 0 Å². The van der Waals surface area contributed by atoms with E-state index in [-0.39, 0.29) is 36.1 Å². The van der Waals surface area contributed by atoms with E-state index in [9.17, 15) is 9.18 Å². The lowest BCUT2D eigenvalue weighted by Gasteiger charge is -2.31.